The Hall–Kier alpha value is 0.0900. The third-order valence-corrected chi connectivity index (χ3v) is 3.28. The maximum Gasteiger partial charge on any atom is 0.0285 e. The fourth-order valence-corrected chi connectivity index (χ4v) is 1.96. The number of thioether (sulfide) groups is 1. The lowest BCUT2D eigenvalue weighted by Gasteiger charge is -1.98. The van der Waals surface area contributed by atoms with E-state index in [0.29, 0.717) is 0 Å². The number of rotatable bonds is 8. The van der Waals surface area contributed by atoms with Gasteiger partial charge in [-0.1, -0.05) is 51.5 Å². The topological polar surface area (TPSA) is 0 Å². The van der Waals surface area contributed by atoms with Crippen LogP contribution in [0.1, 0.15) is 58.3 Å². The minimum absolute atomic E-state index is 1.32. The quantitative estimate of drug-likeness (QED) is 0.400. The van der Waals surface area contributed by atoms with E-state index >= 15 is 0 Å². The van der Waals surface area contributed by atoms with Gasteiger partial charge in [0.1, 0.15) is 0 Å². The van der Waals surface area contributed by atoms with Crippen LogP contribution in [0.3, 0.4) is 0 Å². The molecule has 0 aromatic carbocycles. The highest BCUT2D eigenvalue weighted by Crippen LogP contribution is 2.35. The molecule has 0 unspecified atom stereocenters. The molecule has 1 heterocycles. The lowest BCUT2D eigenvalue weighted by Crippen LogP contribution is -1.78. The summed E-state index contributed by atoms with van der Waals surface area (Å²) in [6.45, 7) is 2.28. The van der Waals surface area contributed by atoms with Gasteiger partial charge in [0.2, 0.25) is 0 Å². The summed E-state index contributed by atoms with van der Waals surface area (Å²) in [6, 6.07) is 0. The number of unbranched alkanes of at least 4 members (excludes halogenated alkanes) is 7. The largest absolute Gasteiger partial charge is 0.125 e. The van der Waals surface area contributed by atoms with Crippen LogP contribution in [-0.2, 0) is 0 Å². The number of allylic oxidation sites excluding steroid dienone is 1. The lowest BCUT2D eigenvalue weighted by molar-refractivity contribution is 0.592. The minimum Gasteiger partial charge on any atom is -0.125 e. The Bertz CT molecular complexity index is 143. The third-order valence-electron chi connectivity index (χ3n) is 2.49. The Morgan fingerprint density at radius 3 is 2.31 bits per heavy atom. The Morgan fingerprint density at radius 1 is 1.08 bits per heavy atom. The Balaban J connectivity index is 1.71. The van der Waals surface area contributed by atoms with Gasteiger partial charge in [0.05, 0.1) is 0 Å². The third kappa shape index (κ3) is 7.18. The maximum absolute atomic E-state index is 2.43. The van der Waals surface area contributed by atoms with Crippen LogP contribution >= 0.6 is 11.8 Å². The van der Waals surface area contributed by atoms with Gasteiger partial charge < -0.3 is 0 Å². The van der Waals surface area contributed by atoms with Crippen LogP contribution in [0.5, 0.6) is 0 Å². The summed E-state index contributed by atoms with van der Waals surface area (Å²) >= 11 is 2.00. The van der Waals surface area contributed by atoms with Gasteiger partial charge in [-0.25, -0.2) is 0 Å². The molecule has 1 aliphatic rings. The molecule has 0 aliphatic carbocycles. The van der Waals surface area contributed by atoms with Crippen molar-refractivity contribution in [1.29, 1.82) is 0 Å². The molecule has 0 saturated carbocycles. The summed E-state index contributed by atoms with van der Waals surface area (Å²) in [6.07, 6.45) is 13.8. The molecule has 76 valence electrons. The van der Waals surface area contributed by atoms with Crippen molar-refractivity contribution >= 4 is 11.8 Å². The van der Waals surface area contributed by atoms with E-state index in [2.05, 4.69) is 13.0 Å². The lowest BCUT2D eigenvalue weighted by atomic mass is 10.1. The molecule has 0 nitrogen and oxygen atoms in total. The van der Waals surface area contributed by atoms with Crippen LogP contribution in [0.25, 0.3) is 0 Å². The van der Waals surface area contributed by atoms with E-state index in [4.69, 9.17) is 0 Å². The van der Waals surface area contributed by atoms with Gasteiger partial charge in [-0.15, -0.1) is 11.8 Å². The van der Waals surface area contributed by atoms with E-state index in [-0.39, 0.29) is 0 Å². The monoisotopic (exact) mass is 198 g/mol. The highest BCUT2D eigenvalue weighted by atomic mass is 32.2. The van der Waals surface area contributed by atoms with Gasteiger partial charge in [0.25, 0.3) is 0 Å². The second-order valence-electron chi connectivity index (χ2n) is 3.87. The molecule has 0 N–H and O–H groups in total. The summed E-state index contributed by atoms with van der Waals surface area (Å²) < 4.78 is 0. The van der Waals surface area contributed by atoms with E-state index in [1.165, 1.54) is 57.1 Å². The van der Waals surface area contributed by atoms with Crippen molar-refractivity contribution in [2.75, 3.05) is 5.75 Å². The highest BCUT2D eigenvalue weighted by molar-refractivity contribution is 8.11. The van der Waals surface area contributed by atoms with E-state index in [0.717, 1.165) is 0 Å². The Labute approximate surface area is 87.2 Å². The van der Waals surface area contributed by atoms with E-state index in [9.17, 15) is 0 Å². The molecule has 0 radical (unpaired) electrons. The molecule has 1 saturated heterocycles. The normalized spacial score (nSPS) is 18.1. The predicted molar refractivity (Wildman–Crippen MR) is 63.2 cm³/mol. The first-order valence-corrected chi connectivity index (χ1v) is 6.74. The zero-order chi connectivity index (χ0) is 9.36. The molecule has 0 bridgehead atoms. The molecule has 0 amide bonds. The molecule has 1 heteroatoms. The predicted octanol–water partition coefficient (Wildman–Crippen LogP) is 4.76. The van der Waals surface area contributed by atoms with E-state index in [1.807, 2.05) is 11.8 Å². The zero-order valence-electron chi connectivity index (χ0n) is 8.85. The smallest absolute Gasteiger partial charge is 0.0285 e. The average Bonchev–Trinajstić information content (AvgIpc) is 2.93. The standard InChI is InChI=1S/C12H22S/c1-2-3-4-5-6-7-8-9-10-12-11-13-12/h10H,2-9,11H2,1H3. The summed E-state index contributed by atoms with van der Waals surface area (Å²) in [4.78, 5) is 1.63. The summed E-state index contributed by atoms with van der Waals surface area (Å²) in [7, 11) is 0. The first-order chi connectivity index (χ1) is 6.43. The average molecular weight is 198 g/mol. The molecule has 0 aromatic rings. The van der Waals surface area contributed by atoms with Crippen molar-refractivity contribution in [1.82, 2.24) is 0 Å². The van der Waals surface area contributed by atoms with E-state index in [1.54, 1.807) is 4.91 Å². The maximum atomic E-state index is 2.43. The van der Waals surface area contributed by atoms with Gasteiger partial charge in [-0.2, -0.15) is 0 Å². The molecule has 1 aliphatic heterocycles. The minimum atomic E-state index is 1.32. The van der Waals surface area contributed by atoms with E-state index < -0.39 is 0 Å². The molecule has 0 atom stereocenters. The molecular weight excluding hydrogens is 176 g/mol. The number of hydrogen-bond donors (Lipinski definition) is 0. The van der Waals surface area contributed by atoms with Crippen molar-refractivity contribution in [3.63, 3.8) is 0 Å². The summed E-state index contributed by atoms with van der Waals surface area (Å²) in [5.41, 5.74) is 0. The molecule has 13 heavy (non-hydrogen) atoms. The Kier molecular flexibility index (Phi) is 6.43. The van der Waals surface area contributed by atoms with Crippen LogP contribution in [0.15, 0.2) is 11.0 Å². The van der Waals surface area contributed by atoms with Crippen molar-refractivity contribution in [2.24, 2.45) is 0 Å². The summed E-state index contributed by atoms with van der Waals surface area (Å²) in [5.74, 6) is 1.32. The van der Waals surface area contributed by atoms with Crippen molar-refractivity contribution in [2.45, 2.75) is 58.3 Å². The van der Waals surface area contributed by atoms with Crippen molar-refractivity contribution < 1.29 is 0 Å². The molecule has 0 aromatic heterocycles. The second kappa shape index (κ2) is 7.49. The highest BCUT2D eigenvalue weighted by Gasteiger charge is 2.09. The van der Waals surface area contributed by atoms with Crippen molar-refractivity contribution in [3.05, 3.63) is 11.0 Å². The molecule has 1 fully saturated rings. The molecular formula is C12H22S. The van der Waals surface area contributed by atoms with Gasteiger partial charge in [0.15, 0.2) is 0 Å². The fourth-order valence-electron chi connectivity index (χ4n) is 1.52. The van der Waals surface area contributed by atoms with Crippen LogP contribution < -0.4 is 0 Å². The molecule has 0 spiro atoms. The zero-order valence-corrected chi connectivity index (χ0v) is 9.67. The van der Waals surface area contributed by atoms with Crippen molar-refractivity contribution in [3.8, 4) is 0 Å². The summed E-state index contributed by atoms with van der Waals surface area (Å²) in [5, 5.41) is 0. The van der Waals surface area contributed by atoms with Gasteiger partial charge in [0, 0.05) is 5.75 Å². The molecule has 1 rings (SSSR count). The Morgan fingerprint density at radius 2 is 1.69 bits per heavy atom. The second-order valence-corrected chi connectivity index (χ2v) is 4.97. The van der Waals surface area contributed by atoms with Crippen LogP contribution in [0.4, 0.5) is 0 Å². The van der Waals surface area contributed by atoms with Crippen LogP contribution in [-0.4, -0.2) is 5.75 Å². The SMILES string of the molecule is CCCCCCCCCC=C1CS1. The van der Waals surface area contributed by atoms with Crippen LogP contribution in [0.2, 0.25) is 0 Å². The van der Waals surface area contributed by atoms with Gasteiger partial charge in [-0.3, -0.25) is 0 Å². The van der Waals surface area contributed by atoms with Crippen LogP contribution in [0, 0.1) is 0 Å². The number of hydrogen-bond acceptors (Lipinski definition) is 1. The van der Waals surface area contributed by atoms with Gasteiger partial charge in [-0.05, 0) is 17.7 Å². The van der Waals surface area contributed by atoms with Gasteiger partial charge >= 0.3 is 0 Å². The fraction of sp³-hybridized carbons (Fsp3) is 0.833. The first kappa shape index (κ1) is 11.2. The first-order valence-electron chi connectivity index (χ1n) is 5.75.